The van der Waals surface area contributed by atoms with Crippen molar-refractivity contribution in [1.29, 1.82) is 0 Å². The van der Waals surface area contributed by atoms with Gasteiger partial charge in [-0.05, 0) is 49.7 Å². The quantitative estimate of drug-likeness (QED) is 0.772. The highest BCUT2D eigenvalue weighted by atomic mass is 35.5. The van der Waals surface area contributed by atoms with E-state index in [9.17, 15) is 9.18 Å². The Balaban J connectivity index is 1.44. The van der Waals surface area contributed by atoms with Gasteiger partial charge in [0.2, 0.25) is 5.91 Å². The smallest absolute Gasteiger partial charge is 0.222 e. The number of benzene rings is 1. The molecule has 2 aromatic rings. The Bertz CT molecular complexity index is 717. The molecule has 128 valence electrons. The van der Waals surface area contributed by atoms with Crippen molar-refractivity contribution in [2.24, 2.45) is 0 Å². The summed E-state index contributed by atoms with van der Waals surface area (Å²) < 4.78 is 19.0. The fourth-order valence-electron chi connectivity index (χ4n) is 2.82. The number of nitrogens with zero attached hydrogens (tertiary/aromatic N) is 1. The lowest BCUT2D eigenvalue weighted by Crippen LogP contribution is -2.28. The molecule has 1 aromatic carbocycles. The summed E-state index contributed by atoms with van der Waals surface area (Å²) in [5.41, 5.74) is 0.750. The van der Waals surface area contributed by atoms with Gasteiger partial charge in [-0.2, -0.15) is 0 Å². The van der Waals surface area contributed by atoms with Crippen molar-refractivity contribution in [2.75, 3.05) is 19.6 Å². The largest absolute Gasteiger partial charge is 0.460 e. The van der Waals surface area contributed by atoms with Gasteiger partial charge in [0.1, 0.15) is 17.3 Å². The molecule has 1 fully saturated rings. The molecule has 1 saturated heterocycles. The number of carbonyl (C=O) groups is 1. The molecule has 0 aliphatic carbocycles. The zero-order valence-electron chi connectivity index (χ0n) is 13.4. The van der Waals surface area contributed by atoms with Crippen molar-refractivity contribution in [3.05, 3.63) is 46.9 Å². The summed E-state index contributed by atoms with van der Waals surface area (Å²) in [7, 11) is 0. The molecule has 1 aliphatic heterocycles. The standard InChI is InChI=1S/C18H20ClFN2O2/c19-15-11-13(4-6-16(15)20)17-7-5-14(24-17)12-21-8-2-10-22-9-1-3-18(22)23/h4-7,11,21H,1-3,8-10,12H2. The van der Waals surface area contributed by atoms with Gasteiger partial charge in [0.15, 0.2) is 0 Å². The first-order chi connectivity index (χ1) is 11.6. The maximum atomic E-state index is 13.2. The molecule has 4 nitrogen and oxygen atoms in total. The third-order valence-corrected chi connectivity index (χ3v) is 4.41. The van der Waals surface area contributed by atoms with E-state index in [1.807, 2.05) is 17.0 Å². The van der Waals surface area contributed by atoms with Crippen LogP contribution in [0.1, 0.15) is 25.0 Å². The Morgan fingerprint density at radius 3 is 2.92 bits per heavy atom. The summed E-state index contributed by atoms with van der Waals surface area (Å²) in [5.74, 6) is 1.30. The monoisotopic (exact) mass is 350 g/mol. The number of nitrogens with one attached hydrogen (secondary N) is 1. The molecule has 1 aliphatic rings. The number of furan rings is 1. The normalized spacial score (nSPS) is 14.6. The van der Waals surface area contributed by atoms with Crippen molar-refractivity contribution in [3.63, 3.8) is 0 Å². The molecule has 6 heteroatoms. The Morgan fingerprint density at radius 2 is 2.17 bits per heavy atom. The molecule has 24 heavy (non-hydrogen) atoms. The summed E-state index contributed by atoms with van der Waals surface area (Å²) in [5, 5.41) is 3.39. The molecule has 0 spiro atoms. The van der Waals surface area contributed by atoms with E-state index in [1.54, 1.807) is 12.1 Å². The molecule has 2 heterocycles. The minimum Gasteiger partial charge on any atom is -0.460 e. The van der Waals surface area contributed by atoms with E-state index in [4.69, 9.17) is 16.0 Å². The van der Waals surface area contributed by atoms with Crippen LogP contribution in [0.4, 0.5) is 4.39 Å². The molecule has 0 radical (unpaired) electrons. The van der Waals surface area contributed by atoms with Crippen LogP contribution in [0, 0.1) is 5.82 Å². The minimum atomic E-state index is -0.439. The van der Waals surface area contributed by atoms with Crippen molar-refractivity contribution in [3.8, 4) is 11.3 Å². The number of amides is 1. The second kappa shape index (κ2) is 7.81. The Kier molecular flexibility index (Phi) is 5.53. The van der Waals surface area contributed by atoms with Gasteiger partial charge in [0.05, 0.1) is 11.6 Å². The predicted molar refractivity (Wildman–Crippen MR) is 91.2 cm³/mol. The second-order valence-corrected chi connectivity index (χ2v) is 6.32. The Labute approximate surface area is 145 Å². The van der Waals surface area contributed by atoms with Gasteiger partial charge >= 0.3 is 0 Å². The van der Waals surface area contributed by atoms with Crippen LogP contribution < -0.4 is 5.32 Å². The summed E-state index contributed by atoms with van der Waals surface area (Å²) in [4.78, 5) is 13.4. The van der Waals surface area contributed by atoms with Crippen LogP contribution in [0.2, 0.25) is 5.02 Å². The first kappa shape index (κ1) is 17.0. The second-order valence-electron chi connectivity index (χ2n) is 5.91. The lowest BCUT2D eigenvalue weighted by Gasteiger charge is -2.15. The van der Waals surface area contributed by atoms with E-state index in [1.165, 1.54) is 6.07 Å². The fourth-order valence-corrected chi connectivity index (χ4v) is 3.00. The van der Waals surface area contributed by atoms with Gasteiger partial charge in [-0.3, -0.25) is 4.79 Å². The third-order valence-electron chi connectivity index (χ3n) is 4.12. The maximum Gasteiger partial charge on any atom is 0.222 e. The molecule has 1 amide bonds. The Hall–Kier alpha value is -1.85. The molecule has 1 aromatic heterocycles. The van der Waals surface area contributed by atoms with Crippen LogP contribution in [0.25, 0.3) is 11.3 Å². The average Bonchev–Trinajstić information content (AvgIpc) is 3.19. The number of halogens is 2. The minimum absolute atomic E-state index is 0.0834. The van der Waals surface area contributed by atoms with Crippen LogP contribution in [-0.4, -0.2) is 30.4 Å². The van der Waals surface area contributed by atoms with Crippen LogP contribution in [0.15, 0.2) is 34.7 Å². The predicted octanol–water partition coefficient (Wildman–Crippen LogP) is 3.84. The number of hydrogen-bond donors (Lipinski definition) is 1. The highest BCUT2D eigenvalue weighted by molar-refractivity contribution is 6.31. The number of carbonyl (C=O) groups excluding carboxylic acids is 1. The molecule has 0 saturated carbocycles. The molecule has 1 N–H and O–H groups in total. The van der Waals surface area contributed by atoms with Gasteiger partial charge in [0, 0.05) is 25.1 Å². The molecule has 3 rings (SSSR count). The van der Waals surface area contributed by atoms with Crippen molar-refractivity contribution >= 4 is 17.5 Å². The number of rotatable bonds is 7. The van der Waals surface area contributed by atoms with Gasteiger partial charge in [-0.15, -0.1) is 0 Å². The molecular formula is C18H20ClFN2O2. The van der Waals surface area contributed by atoms with Gasteiger partial charge in [-0.25, -0.2) is 4.39 Å². The van der Waals surface area contributed by atoms with Crippen molar-refractivity contribution < 1.29 is 13.6 Å². The molecule has 0 atom stereocenters. The van der Waals surface area contributed by atoms with Gasteiger partial charge in [-0.1, -0.05) is 11.6 Å². The summed E-state index contributed by atoms with van der Waals surface area (Å²) >= 11 is 5.80. The van der Waals surface area contributed by atoms with Crippen molar-refractivity contribution in [2.45, 2.75) is 25.8 Å². The van der Waals surface area contributed by atoms with E-state index >= 15 is 0 Å². The van der Waals surface area contributed by atoms with Gasteiger partial charge in [0.25, 0.3) is 0 Å². The van der Waals surface area contributed by atoms with E-state index in [0.717, 1.165) is 43.8 Å². The number of hydrogen-bond acceptors (Lipinski definition) is 3. The van der Waals surface area contributed by atoms with Crippen LogP contribution in [-0.2, 0) is 11.3 Å². The van der Waals surface area contributed by atoms with E-state index in [0.29, 0.717) is 18.7 Å². The summed E-state index contributed by atoms with van der Waals surface area (Å²) in [6.45, 7) is 3.13. The van der Waals surface area contributed by atoms with Crippen LogP contribution in [0.3, 0.4) is 0 Å². The molecule has 0 unspecified atom stereocenters. The van der Waals surface area contributed by atoms with E-state index < -0.39 is 5.82 Å². The van der Waals surface area contributed by atoms with Crippen LogP contribution >= 0.6 is 11.6 Å². The topological polar surface area (TPSA) is 45.5 Å². The number of likely N-dealkylation sites (tertiary alicyclic amines) is 1. The molecule has 0 bridgehead atoms. The first-order valence-corrected chi connectivity index (χ1v) is 8.54. The average molecular weight is 351 g/mol. The third kappa shape index (κ3) is 4.16. The highest BCUT2D eigenvalue weighted by Gasteiger charge is 2.18. The SMILES string of the molecule is O=C1CCCN1CCCNCc1ccc(-c2ccc(F)c(Cl)c2)o1. The molecular weight excluding hydrogens is 331 g/mol. The van der Waals surface area contributed by atoms with Crippen molar-refractivity contribution in [1.82, 2.24) is 10.2 Å². The maximum absolute atomic E-state index is 13.2. The van der Waals surface area contributed by atoms with Gasteiger partial charge < -0.3 is 14.6 Å². The van der Waals surface area contributed by atoms with Crippen LogP contribution in [0.5, 0.6) is 0 Å². The zero-order chi connectivity index (χ0) is 16.9. The lowest BCUT2D eigenvalue weighted by molar-refractivity contribution is -0.127. The Morgan fingerprint density at radius 1 is 1.29 bits per heavy atom. The zero-order valence-corrected chi connectivity index (χ0v) is 14.1. The lowest BCUT2D eigenvalue weighted by atomic mass is 10.2. The first-order valence-electron chi connectivity index (χ1n) is 8.16. The summed E-state index contributed by atoms with van der Waals surface area (Å²) in [6, 6.07) is 8.27. The summed E-state index contributed by atoms with van der Waals surface area (Å²) in [6.07, 6.45) is 2.59. The fraction of sp³-hybridized carbons (Fsp3) is 0.389. The highest BCUT2D eigenvalue weighted by Crippen LogP contribution is 2.26. The van der Waals surface area contributed by atoms with E-state index in [2.05, 4.69) is 5.32 Å². The van der Waals surface area contributed by atoms with E-state index in [-0.39, 0.29) is 10.9 Å².